The second kappa shape index (κ2) is 10.6. The van der Waals surface area contributed by atoms with E-state index in [1.807, 2.05) is 19.1 Å². The Morgan fingerprint density at radius 3 is 2.85 bits per heavy atom. The van der Waals surface area contributed by atoms with Gasteiger partial charge < -0.3 is 15.5 Å². The summed E-state index contributed by atoms with van der Waals surface area (Å²) in [7, 11) is 0. The van der Waals surface area contributed by atoms with Crippen LogP contribution in [0.25, 0.3) is 0 Å². The molecule has 34 heavy (non-hydrogen) atoms. The van der Waals surface area contributed by atoms with E-state index in [9.17, 15) is 14.0 Å². The number of carbonyl (C=O) groups is 2. The third-order valence-corrected chi connectivity index (χ3v) is 5.84. The normalized spacial score (nSPS) is 15.9. The standard InChI is InChI=1S/C25H27ClFN5O2/c1-5-7-8-16(6-2)13-20-22(30-17-9-10-18(26)19(27)14-17)29-15-21(31-20)23(33)32-12-11-28-24(34)25(32,3)4/h5-10,14-15H,1,11-13H2,2-4H3,(H,28,34)(H,29,30)/b8-7-,16-6+. The highest BCUT2D eigenvalue weighted by Gasteiger charge is 2.41. The molecule has 1 fully saturated rings. The summed E-state index contributed by atoms with van der Waals surface area (Å²) in [4.78, 5) is 36.1. The van der Waals surface area contributed by atoms with Crippen LogP contribution in [0.15, 0.2) is 60.9 Å². The van der Waals surface area contributed by atoms with E-state index in [-0.39, 0.29) is 22.5 Å². The molecule has 2 amide bonds. The SMILES string of the molecule is C=C/C=C\C(=C/C)Cc1nc(C(=O)N2CCNC(=O)C2(C)C)cnc1Nc1ccc(Cl)c(F)c1. The second-order valence-electron chi connectivity index (χ2n) is 8.21. The van der Waals surface area contributed by atoms with Crippen LogP contribution < -0.4 is 10.6 Å². The Kier molecular flexibility index (Phi) is 7.83. The fourth-order valence-corrected chi connectivity index (χ4v) is 3.62. The van der Waals surface area contributed by atoms with Gasteiger partial charge in [-0.25, -0.2) is 14.4 Å². The zero-order valence-corrected chi connectivity index (χ0v) is 20.1. The number of aromatic nitrogens is 2. The molecule has 1 aromatic heterocycles. The average Bonchev–Trinajstić information content (AvgIpc) is 2.81. The van der Waals surface area contributed by atoms with Crippen molar-refractivity contribution in [2.24, 2.45) is 0 Å². The summed E-state index contributed by atoms with van der Waals surface area (Å²) in [5.74, 6) is -0.808. The topological polar surface area (TPSA) is 87.2 Å². The molecule has 178 valence electrons. The summed E-state index contributed by atoms with van der Waals surface area (Å²) < 4.78 is 13.9. The first-order chi connectivity index (χ1) is 16.2. The Bertz CT molecular complexity index is 1180. The Labute approximate surface area is 203 Å². The molecule has 3 rings (SSSR count). The number of piperazine rings is 1. The first-order valence-corrected chi connectivity index (χ1v) is 11.2. The second-order valence-corrected chi connectivity index (χ2v) is 8.62. The average molecular weight is 484 g/mol. The van der Waals surface area contributed by atoms with Crippen molar-refractivity contribution >= 4 is 34.9 Å². The van der Waals surface area contributed by atoms with Gasteiger partial charge in [-0.3, -0.25) is 9.59 Å². The summed E-state index contributed by atoms with van der Waals surface area (Å²) in [6.07, 6.45) is 8.98. The molecule has 1 aromatic carbocycles. The van der Waals surface area contributed by atoms with Crippen molar-refractivity contribution in [1.82, 2.24) is 20.2 Å². The maximum absolute atomic E-state index is 13.9. The number of halogens is 2. The van der Waals surface area contributed by atoms with Gasteiger partial charge in [-0.2, -0.15) is 0 Å². The lowest BCUT2D eigenvalue weighted by molar-refractivity contribution is -0.133. The van der Waals surface area contributed by atoms with Gasteiger partial charge in [0.1, 0.15) is 17.1 Å². The highest BCUT2D eigenvalue weighted by atomic mass is 35.5. The van der Waals surface area contributed by atoms with Crippen molar-refractivity contribution in [2.45, 2.75) is 32.7 Å². The molecule has 0 radical (unpaired) electrons. The monoisotopic (exact) mass is 483 g/mol. The molecule has 7 nitrogen and oxygen atoms in total. The number of hydrogen-bond acceptors (Lipinski definition) is 5. The highest BCUT2D eigenvalue weighted by Crippen LogP contribution is 2.25. The Morgan fingerprint density at radius 1 is 1.41 bits per heavy atom. The van der Waals surface area contributed by atoms with Gasteiger partial charge in [0.25, 0.3) is 5.91 Å². The van der Waals surface area contributed by atoms with Crippen molar-refractivity contribution < 1.29 is 14.0 Å². The lowest BCUT2D eigenvalue weighted by Gasteiger charge is -2.40. The van der Waals surface area contributed by atoms with Crippen LogP contribution in [-0.4, -0.2) is 45.3 Å². The number of anilines is 2. The van der Waals surface area contributed by atoms with Gasteiger partial charge in [0, 0.05) is 25.2 Å². The third kappa shape index (κ3) is 5.51. The molecular weight excluding hydrogens is 457 g/mol. The quantitative estimate of drug-likeness (QED) is 0.562. The minimum Gasteiger partial charge on any atom is -0.352 e. The predicted octanol–water partition coefficient (Wildman–Crippen LogP) is 4.59. The van der Waals surface area contributed by atoms with Gasteiger partial charge in [-0.15, -0.1) is 0 Å². The number of amides is 2. The number of benzene rings is 1. The molecule has 9 heteroatoms. The van der Waals surface area contributed by atoms with E-state index in [1.54, 1.807) is 32.1 Å². The number of hydrogen-bond donors (Lipinski definition) is 2. The van der Waals surface area contributed by atoms with Crippen LogP contribution in [-0.2, 0) is 11.2 Å². The van der Waals surface area contributed by atoms with Crippen molar-refractivity contribution in [3.05, 3.63) is 83.1 Å². The fraction of sp³-hybridized carbons (Fsp3) is 0.280. The lowest BCUT2D eigenvalue weighted by Crippen LogP contribution is -2.63. The molecule has 0 unspecified atom stereocenters. The van der Waals surface area contributed by atoms with E-state index in [4.69, 9.17) is 11.6 Å². The smallest absolute Gasteiger partial charge is 0.275 e. The first kappa shape index (κ1) is 25.1. The number of rotatable bonds is 7. The van der Waals surface area contributed by atoms with Gasteiger partial charge in [0.15, 0.2) is 5.82 Å². The maximum atomic E-state index is 13.9. The summed E-state index contributed by atoms with van der Waals surface area (Å²) >= 11 is 5.79. The van der Waals surface area contributed by atoms with Gasteiger partial charge >= 0.3 is 0 Å². The van der Waals surface area contributed by atoms with Crippen molar-refractivity contribution in [2.75, 3.05) is 18.4 Å². The summed E-state index contributed by atoms with van der Waals surface area (Å²) in [6.45, 7) is 9.69. The fourth-order valence-electron chi connectivity index (χ4n) is 3.50. The number of allylic oxidation sites excluding steroid dienone is 5. The third-order valence-electron chi connectivity index (χ3n) is 5.53. The Morgan fingerprint density at radius 2 is 2.18 bits per heavy atom. The summed E-state index contributed by atoms with van der Waals surface area (Å²) in [5.41, 5.74) is 0.947. The predicted molar refractivity (Wildman–Crippen MR) is 132 cm³/mol. The zero-order chi connectivity index (χ0) is 24.9. The minimum absolute atomic E-state index is 0.0109. The lowest BCUT2D eigenvalue weighted by atomic mass is 9.98. The van der Waals surface area contributed by atoms with Crippen LogP contribution in [0.2, 0.25) is 5.02 Å². The number of nitrogens with zero attached hydrogens (tertiary/aromatic N) is 3. The van der Waals surface area contributed by atoms with Crippen molar-refractivity contribution in [3.63, 3.8) is 0 Å². The molecule has 0 atom stereocenters. The minimum atomic E-state index is -1.02. The molecule has 2 aromatic rings. The largest absolute Gasteiger partial charge is 0.352 e. The van der Waals surface area contributed by atoms with Gasteiger partial charge in [-0.05, 0) is 44.5 Å². The Balaban J connectivity index is 2.00. The molecule has 0 saturated carbocycles. The summed E-state index contributed by atoms with van der Waals surface area (Å²) in [5, 5.41) is 5.85. The van der Waals surface area contributed by atoms with Gasteiger partial charge in [0.05, 0.1) is 16.9 Å². The molecule has 1 aliphatic heterocycles. The van der Waals surface area contributed by atoms with Crippen LogP contribution in [0.3, 0.4) is 0 Å². The summed E-state index contributed by atoms with van der Waals surface area (Å²) in [6, 6.07) is 4.33. The van der Waals surface area contributed by atoms with E-state index in [0.717, 1.165) is 5.57 Å². The molecule has 1 aliphatic rings. The van der Waals surface area contributed by atoms with Crippen LogP contribution in [0.4, 0.5) is 15.9 Å². The zero-order valence-electron chi connectivity index (χ0n) is 19.4. The molecule has 0 spiro atoms. The maximum Gasteiger partial charge on any atom is 0.275 e. The van der Waals surface area contributed by atoms with E-state index in [0.29, 0.717) is 36.7 Å². The number of nitrogens with one attached hydrogen (secondary N) is 2. The van der Waals surface area contributed by atoms with Crippen molar-refractivity contribution in [3.8, 4) is 0 Å². The van der Waals surface area contributed by atoms with E-state index >= 15 is 0 Å². The Hall–Kier alpha value is -3.52. The molecule has 0 aliphatic carbocycles. The molecule has 2 N–H and O–H groups in total. The molecule has 1 saturated heterocycles. The first-order valence-electron chi connectivity index (χ1n) is 10.8. The van der Waals surface area contributed by atoms with Crippen molar-refractivity contribution in [1.29, 1.82) is 0 Å². The van der Waals surface area contributed by atoms with Gasteiger partial charge in [-0.1, -0.05) is 42.5 Å². The molecule has 2 heterocycles. The van der Waals surface area contributed by atoms with Crippen LogP contribution in [0.1, 0.15) is 37.0 Å². The van der Waals surface area contributed by atoms with Crippen LogP contribution in [0.5, 0.6) is 0 Å². The molecular formula is C25H27ClFN5O2. The van der Waals surface area contributed by atoms with E-state index < -0.39 is 11.4 Å². The molecule has 0 bridgehead atoms. The van der Waals surface area contributed by atoms with E-state index in [2.05, 4.69) is 27.2 Å². The number of carbonyl (C=O) groups excluding carboxylic acids is 2. The highest BCUT2D eigenvalue weighted by molar-refractivity contribution is 6.30. The van der Waals surface area contributed by atoms with Gasteiger partial charge in [0.2, 0.25) is 5.91 Å². The van der Waals surface area contributed by atoms with Crippen LogP contribution in [0, 0.1) is 5.82 Å². The van der Waals surface area contributed by atoms with Crippen LogP contribution >= 0.6 is 11.6 Å². The van der Waals surface area contributed by atoms with E-state index in [1.165, 1.54) is 23.2 Å².